The number of nitrogens with zero attached hydrogens (tertiary/aromatic N) is 4. The molecule has 0 saturated heterocycles. The van der Waals surface area contributed by atoms with Crippen molar-refractivity contribution in [1.29, 1.82) is 0 Å². The number of carbonyl (C=O) groups is 2. The molecular formula is C25H27FN6O2. The predicted molar refractivity (Wildman–Crippen MR) is 132 cm³/mol. The largest absolute Gasteiger partial charge is 0.351 e. The van der Waals surface area contributed by atoms with Crippen LogP contribution in [0.5, 0.6) is 0 Å². The van der Waals surface area contributed by atoms with E-state index in [9.17, 15) is 14.0 Å². The van der Waals surface area contributed by atoms with Gasteiger partial charge in [0.25, 0.3) is 0 Å². The Kier molecular flexibility index (Phi) is 8.11. The van der Waals surface area contributed by atoms with Gasteiger partial charge in [0.1, 0.15) is 18.2 Å². The molecule has 9 heteroatoms. The van der Waals surface area contributed by atoms with Gasteiger partial charge in [-0.1, -0.05) is 31.0 Å². The summed E-state index contributed by atoms with van der Waals surface area (Å²) in [5.41, 5.74) is 1.61. The van der Waals surface area contributed by atoms with E-state index in [1.807, 2.05) is 0 Å². The second-order valence-corrected chi connectivity index (χ2v) is 7.98. The highest BCUT2D eigenvalue weighted by molar-refractivity contribution is 6.10. The van der Waals surface area contributed by atoms with Crippen LogP contribution in [0, 0.1) is 25.1 Å². The molecule has 1 unspecified atom stereocenters. The number of hydrogen-bond acceptors (Lipinski definition) is 5. The van der Waals surface area contributed by atoms with Crippen LogP contribution in [0.15, 0.2) is 52.7 Å². The molecule has 2 aromatic carbocycles. The molecule has 3 rings (SSSR count). The van der Waals surface area contributed by atoms with Crippen molar-refractivity contribution in [3.05, 3.63) is 59.4 Å². The van der Waals surface area contributed by atoms with Crippen molar-refractivity contribution in [1.82, 2.24) is 5.32 Å². The topological polar surface area (TPSA) is 103 Å². The van der Waals surface area contributed by atoms with Crippen LogP contribution >= 0.6 is 0 Å². The number of hydrogen-bond donors (Lipinski definition) is 2. The average Bonchev–Trinajstić information content (AvgIpc) is 3.34. The lowest BCUT2D eigenvalue weighted by Crippen LogP contribution is -2.46. The van der Waals surface area contributed by atoms with E-state index in [0.29, 0.717) is 16.9 Å². The monoisotopic (exact) mass is 462 g/mol. The first-order chi connectivity index (χ1) is 16.4. The number of hydrazine groups is 1. The molecule has 2 amide bonds. The van der Waals surface area contributed by atoms with E-state index < -0.39 is 23.7 Å². The molecule has 176 valence electrons. The highest BCUT2D eigenvalue weighted by Crippen LogP contribution is 2.33. The lowest BCUT2D eigenvalue weighted by molar-refractivity contribution is -0.125. The Balaban J connectivity index is 2.08. The van der Waals surface area contributed by atoms with E-state index in [0.717, 1.165) is 30.6 Å². The summed E-state index contributed by atoms with van der Waals surface area (Å²) in [6.45, 7) is 5.03. The van der Waals surface area contributed by atoms with E-state index in [2.05, 4.69) is 28.2 Å². The summed E-state index contributed by atoms with van der Waals surface area (Å²) in [5, 5.41) is 11.2. The quantitative estimate of drug-likeness (QED) is 0.207. The van der Waals surface area contributed by atoms with Gasteiger partial charge in [0.05, 0.1) is 5.69 Å². The molecule has 34 heavy (non-hydrogen) atoms. The molecule has 0 aromatic heterocycles. The standard InChI is InChI=1S/C25H27FN6O2/c1-4-23(33)32(19-13-14-22(17(2)15-19)31(27)16-29-28-3)24(20-11-7-8-12-21(20)26)25(34)30-18-9-5-6-10-18/h1,7-8,11-16,18,24H,3,5-6,9-10,27H2,2H3,(H,30,34)/b29-16-. The molecule has 0 aliphatic heterocycles. The van der Waals surface area contributed by atoms with Crippen LogP contribution in [0.1, 0.15) is 42.9 Å². The van der Waals surface area contributed by atoms with Crippen LogP contribution in [0.25, 0.3) is 0 Å². The van der Waals surface area contributed by atoms with E-state index in [1.54, 1.807) is 31.2 Å². The minimum Gasteiger partial charge on any atom is -0.351 e. The molecular weight excluding hydrogens is 435 g/mol. The Hall–Kier alpha value is -4.03. The third kappa shape index (κ3) is 5.47. The molecule has 1 atom stereocenters. The number of amides is 2. The smallest absolute Gasteiger partial charge is 0.303 e. The zero-order valence-electron chi connectivity index (χ0n) is 18.9. The fourth-order valence-corrected chi connectivity index (χ4v) is 4.13. The third-order valence-corrected chi connectivity index (χ3v) is 5.74. The summed E-state index contributed by atoms with van der Waals surface area (Å²) in [5.74, 6) is 6.17. The lowest BCUT2D eigenvalue weighted by Gasteiger charge is -2.31. The zero-order chi connectivity index (χ0) is 24.7. The first-order valence-corrected chi connectivity index (χ1v) is 10.9. The molecule has 1 aliphatic carbocycles. The van der Waals surface area contributed by atoms with Crippen LogP contribution in [-0.2, 0) is 9.59 Å². The first kappa shape index (κ1) is 24.6. The van der Waals surface area contributed by atoms with Crippen molar-refractivity contribution < 1.29 is 14.0 Å². The highest BCUT2D eigenvalue weighted by atomic mass is 19.1. The number of halogens is 1. The Morgan fingerprint density at radius 2 is 2.00 bits per heavy atom. The van der Waals surface area contributed by atoms with Gasteiger partial charge in [-0.05, 0) is 55.5 Å². The molecule has 1 aliphatic rings. The predicted octanol–water partition coefficient (Wildman–Crippen LogP) is 3.22. The normalized spacial score (nSPS) is 14.4. The van der Waals surface area contributed by atoms with Crippen molar-refractivity contribution >= 4 is 36.2 Å². The molecule has 1 saturated carbocycles. The van der Waals surface area contributed by atoms with Gasteiger partial charge in [-0.3, -0.25) is 19.5 Å². The van der Waals surface area contributed by atoms with E-state index in [-0.39, 0.29) is 11.6 Å². The first-order valence-electron chi connectivity index (χ1n) is 10.9. The fraction of sp³-hybridized carbons (Fsp3) is 0.280. The van der Waals surface area contributed by atoms with E-state index in [4.69, 9.17) is 12.3 Å². The van der Waals surface area contributed by atoms with E-state index in [1.165, 1.54) is 29.5 Å². The van der Waals surface area contributed by atoms with Crippen molar-refractivity contribution in [2.24, 2.45) is 16.0 Å². The highest BCUT2D eigenvalue weighted by Gasteiger charge is 2.35. The molecule has 0 spiro atoms. The Morgan fingerprint density at radius 3 is 2.62 bits per heavy atom. The SMILES string of the molecule is C#CC(=O)N(c1ccc(N(N)/C=N\N=C)c(C)c1)C(C(=O)NC1CCCC1)c1ccccc1F. The maximum absolute atomic E-state index is 14.9. The zero-order valence-corrected chi connectivity index (χ0v) is 18.9. The molecule has 1 fully saturated rings. The molecule has 0 heterocycles. The number of nitrogens with two attached hydrogens (primary N) is 1. The molecule has 2 aromatic rings. The maximum Gasteiger partial charge on any atom is 0.303 e. The number of carbonyl (C=O) groups excluding carboxylic acids is 2. The summed E-state index contributed by atoms with van der Waals surface area (Å²) >= 11 is 0. The van der Waals surface area contributed by atoms with Gasteiger partial charge in [-0.25, -0.2) is 10.2 Å². The maximum atomic E-state index is 14.9. The van der Waals surface area contributed by atoms with Gasteiger partial charge < -0.3 is 5.32 Å². The van der Waals surface area contributed by atoms with Crippen LogP contribution in [0.2, 0.25) is 0 Å². The number of benzene rings is 2. The van der Waals surface area contributed by atoms with Crippen molar-refractivity contribution in [2.75, 3.05) is 9.91 Å². The minimum atomic E-state index is -1.30. The molecule has 0 bridgehead atoms. The average molecular weight is 463 g/mol. The minimum absolute atomic E-state index is 0.0303. The Morgan fingerprint density at radius 1 is 1.29 bits per heavy atom. The van der Waals surface area contributed by atoms with Gasteiger partial charge in [0, 0.05) is 24.0 Å². The second kappa shape index (κ2) is 11.2. The number of nitrogens with one attached hydrogen (secondary N) is 1. The fourth-order valence-electron chi connectivity index (χ4n) is 4.13. The van der Waals surface area contributed by atoms with E-state index >= 15 is 0 Å². The summed E-state index contributed by atoms with van der Waals surface area (Å²) in [7, 11) is 0. The molecule has 8 nitrogen and oxygen atoms in total. The number of anilines is 2. The van der Waals surface area contributed by atoms with Gasteiger partial charge in [-0.2, -0.15) is 5.10 Å². The third-order valence-electron chi connectivity index (χ3n) is 5.74. The molecule has 3 N–H and O–H groups in total. The Bertz CT molecular complexity index is 1140. The number of terminal acetylenes is 1. The summed E-state index contributed by atoms with van der Waals surface area (Å²) in [6, 6.07) is 9.41. The van der Waals surface area contributed by atoms with Gasteiger partial charge >= 0.3 is 5.91 Å². The van der Waals surface area contributed by atoms with Crippen LogP contribution in [0.4, 0.5) is 15.8 Å². The molecule has 0 radical (unpaired) electrons. The van der Waals surface area contributed by atoms with Gasteiger partial charge in [0.2, 0.25) is 5.91 Å². The van der Waals surface area contributed by atoms with Gasteiger partial charge in [-0.15, -0.1) is 11.5 Å². The lowest BCUT2D eigenvalue weighted by atomic mass is 10.0. The Labute approximate surface area is 198 Å². The number of rotatable bonds is 8. The second-order valence-electron chi connectivity index (χ2n) is 7.98. The van der Waals surface area contributed by atoms with Crippen LogP contribution in [-0.4, -0.2) is 30.9 Å². The van der Waals surface area contributed by atoms with Crippen molar-refractivity contribution in [3.8, 4) is 12.3 Å². The van der Waals surface area contributed by atoms with Crippen LogP contribution in [0.3, 0.4) is 0 Å². The van der Waals surface area contributed by atoms with Crippen molar-refractivity contribution in [2.45, 2.75) is 44.7 Å². The van der Waals surface area contributed by atoms with Crippen LogP contribution < -0.4 is 21.1 Å². The number of aryl methyl sites for hydroxylation is 1. The van der Waals surface area contributed by atoms with Crippen molar-refractivity contribution in [3.63, 3.8) is 0 Å². The summed E-state index contributed by atoms with van der Waals surface area (Å²) in [4.78, 5) is 27.6. The summed E-state index contributed by atoms with van der Waals surface area (Å²) < 4.78 is 14.9. The summed E-state index contributed by atoms with van der Waals surface area (Å²) in [6.07, 6.45) is 10.4. The van der Waals surface area contributed by atoms with Gasteiger partial charge in [0.15, 0.2) is 0 Å².